The number of hydrogen-bond acceptors (Lipinski definition) is 6. The fourth-order valence-corrected chi connectivity index (χ4v) is 1.94. The number of hydrogen-bond donors (Lipinski definition) is 1. The number of carbonyl (C=O) groups excluding carboxylic acids is 1. The Morgan fingerprint density at radius 2 is 2.00 bits per heavy atom. The third kappa shape index (κ3) is 8.84. The summed E-state index contributed by atoms with van der Waals surface area (Å²) in [6, 6.07) is 0. The predicted molar refractivity (Wildman–Crippen MR) is 61.8 cm³/mol. The van der Waals surface area contributed by atoms with Crippen molar-refractivity contribution in [2.75, 3.05) is 19.0 Å². The van der Waals surface area contributed by atoms with Crippen molar-refractivity contribution in [3.63, 3.8) is 0 Å². The van der Waals surface area contributed by atoms with Gasteiger partial charge >= 0.3 is 5.97 Å². The molecular weight excluding hydrogens is 248 g/mol. The lowest BCUT2D eigenvalue weighted by molar-refractivity contribution is -0.139. The molecular formula is C10H18O6S. The summed E-state index contributed by atoms with van der Waals surface area (Å²) in [5, 5.41) is 8.89. The largest absolute Gasteiger partial charge is 0.462 e. The first kappa shape index (κ1) is 16.1. The lowest BCUT2D eigenvalue weighted by atomic mass is 10.4. The third-order valence-corrected chi connectivity index (χ3v) is 2.99. The van der Waals surface area contributed by atoms with Crippen LogP contribution in [-0.4, -0.2) is 44.6 Å². The first-order chi connectivity index (χ1) is 7.74. The van der Waals surface area contributed by atoms with Crippen molar-refractivity contribution in [1.82, 2.24) is 0 Å². The van der Waals surface area contributed by atoms with Crippen LogP contribution in [-0.2, 0) is 23.8 Å². The smallest absolute Gasteiger partial charge is 0.333 e. The Bertz CT molecular complexity index is 357. The molecule has 0 bridgehead atoms. The van der Waals surface area contributed by atoms with E-state index in [9.17, 15) is 13.2 Å². The maximum atomic E-state index is 11.1. The molecule has 6 nitrogen and oxygen atoms in total. The molecule has 100 valence electrons. The van der Waals surface area contributed by atoms with Crippen LogP contribution in [0.25, 0.3) is 0 Å². The van der Waals surface area contributed by atoms with E-state index in [1.165, 1.54) is 13.8 Å². The number of ether oxygens (including phenoxy) is 1. The van der Waals surface area contributed by atoms with Gasteiger partial charge in [-0.25, -0.2) is 4.79 Å². The van der Waals surface area contributed by atoms with Crippen molar-refractivity contribution in [3.8, 4) is 0 Å². The normalized spacial score (nSPS) is 13.1. The highest BCUT2D eigenvalue weighted by molar-refractivity contribution is 7.86. The summed E-state index contributed by atoms with van der Waals surface area (Å²) in [5.41, 5.74) is 0.285. The average molecular weight is 266 g/mol. The van der Waals surface area contributed by atoms with Gasteiger partial charge in [-0.1, -0.05) is 6.58 Å². The Hall–Kier alpha value is -0.920. The van der Waals surface area contributed by atoms with Crippen LogP contribution in [0.3, 0.4) is 0 Å². The fourth-order valence-electron chi connectivity index (χ4n) is 0.876. The summed E-state index contributed by atoms with van der Waals surface area (Å²) in [7, 11) is -3.71. The molecule has 0 rings (SSSR count). The molecule has 0 amide bonds. The summed E-state index contributed by atoms with van der Waals surface area (Å²) in [6.07, 6.45) is -0.709. The molecule has 0 aliphatic rings. The molecule has 1 unspecified atom stereocenters. The SMILES string of the molecule is C=C(C)C(=O)OCCCOS(=O)(=O)CC(C)O. The Balaban J connectivity index is 3.72. The Labute approximate surface area is 101 Å². The van der Waals surface area contributed by atoms with E-state index in [0.29, 0.717) is 0 Å². The van der Waals surface area contributed by atoms with Gasteiger partial charge in [0, 0.05) is 12.0 Å². The van der Waals surface area contributed by atoms with E-state index in [1.54, 1.807) is 0 Å². The lowest BCUT2D eigenvalue weighted by Crippen LogP contribution is -2.20. The molecule has 0 aliphatic heterocycles. The first-order valence-electron chi connectivity index (χ1n) is 5.12. The monoisotopic (exact) mass is 266 g/mol. The van der Waals surface area contributed by atoms with E-state index in [1.807, 2.05) is 0 Å². The van der Waals surface area contributed by atoms with Crippen LogP contribution in [0.5, 0.6) is 0 Å². The zero-order valence-corrected chi connectivity index (χ0v) is 10.8. The second-order valence-electron chi connectivity index (χ2n) is 3.67. The Morgan fingerprint density at radius 1 is 1.41 bits per heavy atom. The minimum atomic E-state index is -3.71. The second-order valence-corrected chi connectivity index (χ2v) is 5.35. The quantitative estimate of drug-likeness (QED) is 0.292. The van der Waals surface area contributed by atoms with Gasteiger partial charge in [-0.15, -0.1) is 0 Å². The van der Waals surface area contributed by atoms with E-state index >= 15 is 0 Å². The minimum Gasteiger partial charge on any atom is -0.462 e. The summed E-state index contributed by atoms with van der Waals surface area (Å²) >= 11 is 0. The third-order valence-electron chi connectivity index (χ3n) is 1.58. The van der Waals surface area contributed by atoms with Crippen molar-refractivity contribution >= 4 is 16.1 Å². The molecule has 1 atom stereocenters. The maximum absolute atomic E-state index is 11.1. The summed E-state index contributed by atoms with van der Waals surface area (Å²) < 4.78 is 31.6. The molecule has 0 aromatic carbocycles. The van der Waals surface area contributed by atoms with Gasteiger partial charge in [-0.05, 0) is 13.8 Å². The zero-order valence-electron chi connectivity index (χ0n) is 10.0. The van der Waals surface area contributed by atoms with Crippen LogP contribution in [0, 0.1) is 0 Å². The first-order valence-corrected chi connectivity index (χ1v) is 6.70. The highest BCUT2D eigenvalue weighted by Gasteiger charge is 2.14. The second kappa shape index (κ2) is 7.41. The van der Waals surface area contributed by atoms with Crippen molar-refractivity contribution in [3.05, 3.63) is 12.2 Å². The lowest BCUT2D eigenvalue weighted by Gasteiger charge is -2.07. The van der Waals surface area contributed by atoms with Gasteiger partial charge in [0.05, 0.1) is 19.3 Å². The highest BCUT2D eigenvalue weighted by atomic mass is 32.2. The van der Waals surface area contributed by atoms with Crippen LogP contribution in [0.2, 0.25) is 0 Å². The van der Waals surface area contributed by atoms with Crippen molar-refractivity contribution in [2.45, 2.75) is 26.4 Å². The number of esters is 1. The molecule has 1 N–H and O–H groups in total. The molecule has 0 heterocycles. The van der Waals surface area contributed by atoms with Gasteiger partial charge < -0.3 is 9.84 Å². The van der Waals surface area contributed by atoms with Crippen molar-refractivity contribution < 1.29 is 27.2 Å². The van der Waals surface area contributed by atoms with E-state index in [0.717, 1.165) is 0 Å². The topological polar surface area (TPSA) is 89.9 Å². The Kier molecular flexibility index (Phi) is 7.01. The highest BCUT2D eigenvalue weighted by Crippen LogP contribution is 1.99. The number of carbonyl (C=O) groups is 1. The van der Waals surface area contributed by atoms with E-state index in [2.05, 4.69) is 10.8 Å². The van der Waals surface area contributed by atoms with E-state index in [-0.39, 0.29) is 25.2 Å². The molecule has 0 radical (unpaired) electrons. The van der Waals surface area contributed by atoms with Gasteiger partial charge in [0.2, 0.25) is 0 Å². The van der Waals surface area contributed by atoms with Crippen molar-refractivity contribution in [1.29, 1.82) is 0 Å². The van der Waals surface area contributed by atoms with Gasteiger partial charge in [-0.2, -0.15) is 8.42 Å². The van der Waals surface area contributed by atoms with Crippen LogP contribution in [0.15, 0.2) is 12.2 Å². The molecule has 0 aromatic rings. The molecule has 0 aliphatic carbocycles. The van der Waals surface area contributed by atoms with Crippen LogP contribution in [0.1, 0.15) is 20.3 Å². The standard InChI is InChI=1S/C10H18O6S/c1-8(2)10(12)15-5-4-6-16-17(13,14)7-9(3)11/h9,11H,1,4-7H2,2-3H3. The van der Waals surface area contributed by atoms with Gasteiger partial charge in [-0.3, -0.25) is 4.18 Å². The van der Waals surface area contributed by atoms with E-state index < -0.39 is 27.9 Å². The van der Waals surface area contributed by atoms with Gasteiger partial charge in [0.15, 0.2) is 0 Å². The number of aliphatic hydroxyl groups is 1. The maximum Gasteiger partial charge on any atom is 0.333 e. The van der Waals surface area contributed by atoms with Crippen LogP contribution < -0.4 is 0 Å². The van der Waals surface area contributed by atoms with E-state index in [4.69, 9.17) is 9.84 Å². The summed E-state index contributed by atoms with van der Waals surface area (Å²) in [4.78, 5) is 10.9. The van der Waals surface area contributed by atoms with Crippen molar-refractivity contribution in [2.24, 2.45) is 0 Å². The van der Waals surface area contributed by atoms with Gasteiger partial charge in [0.25, 0.3) is 10.1 Å². The van der Waals surface area contributed by atoms with Gasteiger partial charge in [0.1, 0.15) is 5.75 Å². The van der Waals surface area contributed by atoms with Crippen LogP contribution in [0.4, 0.5) is 0 Å². The molecule has 7 heteroatoms. The summed E-state index contributed by atoms with van der Waals surface area (Å²) in [6.45, 7) is 6.25. The molecule has 17 heavy (non-hydrogen) atoms. The van der Waals surface area contributed by atoms with Crippen LogP contribution >= 0.6 is 0 Å². The average Bonchev–Trinajstić information content (AvgIpc) is 2.14. The predicted octanol–water partition coefficient (Wildman–Crippen LogP) is 0.223. The fraction of sp³-hybridized carbons (Fsp3) is 0.700. The molecule has 0 spiro atoms. The zero-order chi connectivity index (χ0) is 13.5. The number of aliphatic hydroxyl groups excluding tert-OH is 1. The molecule has 0 aromatic heterocycles. The summed E-state index contributed by atoms with van der Waals surface area (Å²) in [5.74, 6) is -0.963. The molecule has 0 saturated heterocycles. The molecule has 0 saturated carbocycles. The number of rotatable bonds is 8. The molecule has 0 fully saturated rings. The Morgan fingerprint density at radius 3 is 2.47 bits per heavy atom. The minimum absolute atomic E-state index is 0.0654.